The van der Waals surface area contributed by atoms with Crippen molar-refractivity contribution < 1.29 is 4.79 Å². The van der Waals surface area contributed by atoms with E-state index in [4.69, 9.17) is 0 Å². The molecule has 1 amide bonds. The van der Waals surface area contributed by atoms with Crippen LogP contribution >= 0.6 is 0 Å². The molecule has 0 aromatic heterocycles. The van der Waals surface area contributed by atoms with Crippen LogP contribution < -0.4 is 10.6 Å². The highest BCUT2D eigenvalue weighted by Crippen LogP contribution is 2.16. The van der Waals surface area contributed by atoms with Gasteiger partial charge in [0.1, 0.15) is 0 Å². The first-order chi connectivity index (χ1) is 4.84. The molecule has 0 spiro atoms. The van der Waals surface area contributed by atoms with Gasteiger partial charge in [-0.25, -0.2) is 0 Å². The zero-order chi connectivity index (χ0) is 6.97. The normalized spacial score (nSPS) is 39.0. The second-order valence-corrected chi connectivity index (χ2v) is 3.15. The Morgan fingerprint density at radius 2 is 2.10 bits per heavy atom. The van der Waals surface area contributed by atoms with E-state index in [2.05, 4.69) is 10.6 Å². The van der Waals surface area contributed by atoms with Gasteiger partial charge in [-0.3, -0.25) is 4.79 Å². The Balaban J connectivity index is 2.05. The van der Waals surface area contributed by atoms with Crippen LogP contribution in [0.2, 0.25) is 0 Å². The van der Waals surface area contributed by atoms with Crippen LogP contribution in [0.3, 0.4) is 0 Å². The van der Waals surface area contributed by atoms with Gasteiger partial charge >= 0.3 is 0 Å². The summed E-state index contributed by atoms with van der Waals surface area (Å²) in [6.07, 6.45) is 3.08. The van der Waals surface area contributed by atoms with Gasteiger partial charge in [0.25, 0.3) is 0 Å². The number of amides is 1. The summed E-state index contributed by atoms with van der Waals surface area (Å²) in [4.78, 5) is 10.9. The van der Waals surface area contributed by atoms with Crippen molar-refractivity contribution in [3.63, 3.8) is 0 Å². The summed E-state index contributed by atoms with van der Waals surface area (Å²) in [7, 11) is 0. The first-order valence-corrected chi connectivity index (χ1v) is 3.87. The Morgan fingerprint density at radius 1 is 1.30 bits per heavy atom. The van der Waals surface area contributed by atoms with Gasteiger partial charge in [0.05, 0.1) is 0 Å². The molecule has 0 aromatic carbocycles. The molecular formula is C7H12N2O. The molecule has 3 heteroatoms. The van der Waals surface area contributed by atoms with Crippen molar-refractivity contribution in [2.24, 2.45) is 0 Å². The smallest absolute Gasteiger partial charge is 0.221 e. The highest BCUT2D eigenvalue weighted by atomic mass is 16.1. The average Bonchev–Trinajstić information content (AvgIpc) is 2.22. The van der Waals surface area contributed by atoms with Crippen LogP contribution in [0.25, 0.3) is 0 Å². The summed E-state index contributed by atoms with van der Waals surface area (Å²) < 4.78 is 0. The third kappa shape index (κ3) is 1.01. The summed E-state index contributed by atoms with van der Waals surface area (Å²) in [5, 5.41) is 6.27. The summed E-state index contributed by atoms with van der Waals surface area (Å²) >= 11 is 0. The molecule has 10 heavy (non-hydrogen) atoms. The molecule has 2 fully saturated rings. The van der Waals surface area contributed by atoms with Gasteiger partial charge in [0.15, 0.2) is 0 Å². The Morgan fingerprint density at radius 3 is 3.00 bits per heavy atom. The molecule has 2 atom stereocenters. The molecule has 2 aliphatic heterocycles. The summed E-state index contributed by atoms with van der Waals surface area (Å²) in [6, 6.07) is 1.02. The third-order valence-electron chi connectivity index (χ3n) is 2.31. The zero-order valence-corrected chi connectivity index (χ0v) is 5.89. The minimum atomic E-state index is 0.208. The van der Waals surface area contributed by atoms with Crippen molar-refractivity contribution in [2.45, 2.75) is 31.3 Å². The lowest BCUT2D eigenvalue weighted by Gasteiger charge is -2.06. The summed E-state index contributed by atoms with van der Waals surface area (Å²) in [5.41, 5.74) is 0. The molecule has 2 N–H and O–H groups in total. The fraction of sp³-hybridized carbons (Fsp3) is 0.857. The first kappa shape index (κ1) is 6.16. The van der Waals surface area contributed by atoms with Crippen LogP contribution in [0.4, 0.5) is 0 Å². The molecule has 0 aliphatic carbocycles. The molecule has 56 valence electrons. The van der Waals surface area contributed by atoms with E-state index in [1.54, 1.807) is 0 Å². The SMILES string of the molecule is O=C1C[C@@H]2CC[C@@H](CN1)N2. The van der Waals surface area contributed by atoms with E-state index < -0.39 is 0 Å². The first-order valence-electron chi connectivity index (χ1n) is 3.87. The highest BCUT2D eigenvalue weighted by Gasteiger charge is 2.28. The molecule has 2 rings (SSSR count). The standard InChI is InChI=1S/C7H12N2O/c10-7-3-5-1-2-6(9-5)4-8-7/h5-6,9H,1-4H2,(H,8,10)/t5-,6-/m0/s1. The fourth-order valence-corrected chi connectivity index (χ4v) is 1.76. The van der Waals surface area contributed by atoms with Gasteiger partial charge in [-0.1, -0.05) is 0 Å². The van der Waals surface area contributed by atoms with Gasteiger partial charge in [0, 0.05) is 25.0 Å². The maximum atomic E-state index is 10.9. The average molecular weight is 140 g/mol. The van der Waals surface area contributed by atoms with Crippen LogP contribution in [-0.2, 0) is 4.79 Å². The van der Waals surface area contributed by atoms with E-state index in [0.29, 0.717) is 18.5 Å². The fourth-order valence-electron chi connectivity index (χ4n) is 1.76. The molecule has 0 radical (unpaired) electrons. The minimum Gasteiger partial charge on any atom is -0.354 e. The lowest BCUT2D eigenvalue weighted by molar-refractivity contribution is -0.121. The second-order valence-electron chi connectivity index (χ2n) is 3.15. The minimum absolute atomic E-state index is 0.208. The van der Waals surface area contributed by atoms with Crippen LogP contribution in [0.5, 0.6) is 0 Å². The Bertz CT molecular complexity index is 158. The van der Waals surface area contributed by atoms with Gasteiger partial charge in [-0.2, -0.15) is 0 Å². The van der Waals surface area contributed by atoms with Gasteiger partial charge in [-0.05, 0) is 12.8 Å². The van der Waals surface area contributed by atoms with Crippen LogP contribution in [-0.4, -0.2) is 24.5 Å². The molecule has 0 saturated carbocycles. The van der Waals surface area contributed by atoms with Crippen molar-refractivity contribution in [3.05, 3.63) is 0 Å². The van der Waals surface area contributed by atoms with E-state index >= 15 is 0 Å². The van der Waals surface area contributed by atoms with Crippen LogP contribution in [0.15, 0.2) is 0 Å². The summed E-state index contributed by atoms with van der Waals surface area (Å²) in [5.74, 6) is 0.208. The third-order valence-corrected chi connectivity index (χ3v) is 2.31. The Kier molecular flexibility index (Phi) is 1.38. The van der Waals surface area contributed by atoms with Gasteiger partial charge < -0.3 is 10.6 Å². The Hall–Kier alpha value is -0.570. The van der Waals surface area contributed by atoms with E-state index in [1.165, 1.54) is 12.8 Å². The van der Waals surface area contributed by atoms with Crippen LogP contribution in [0, 0.1) is 0 Å². The number of hydrogen-bond donors (Lipinski definition) is 2. The predicted octanol–water partition coefficient (Wildman–Crippen LogP) is -0.373. The number of carbonyl (C=O) groups is 1. The van der Waals surface area contributed by atoms with E-state index in [9.17, 15) is 4.79 Å². The molecule has 3 nitrogen and oxygen atoms in total. The molecular weight excluding hydrogens is 128 g/mol. The quantitative estimate of drug-likeness (QED) is 0.482. The second kappa shape index (κ2) is 2.23. The molecule has 2 heterocycles. The number of nitrogens with one attached hydrogen (secondary N) is 2. The molecule has 0 aromatic rings. The van der Waals surface area contributed by atoms with Crippen molar-refractivity contribution >= 4 is 5.91 Å². The van der Waals surface area contributed by atoms with Gasteiger partial charge in [0.2, 0.25) is 5.91 Å². The Labute approximate surface area is 60.2 Å². The number of rotatable bonds is 0. The van der Waals surface area contributed by atoms with E-state index in [-0.39, 0.29) is 5.91 Å². The number of carbonyl (C=O) groups excluding carboxylic acids is 1. The number of hydrogen-bond acceptors (Lipinski definition) is 2. The van der Waals surface area contributed by atoms with Crippen LogP contribution in [0.1, 0.15) is 19.3 Å². The van der Waals surface area contributed by atoms with Crippen molar-refractivity contribution in [2.75, 3.05) is 6.54 Å². The lowest BCUT2D eigenvalue weighted by atomic mass is 10.1. The predicted molar refractivity (Wildman–Crippen MR) is 37.6 cm³/mol. The molecule has 2 saturated heterocycles. The number of fused-ring (bicyclic) bond motifs is 2. The summed E-state index contributed by atoms with van der Waals surface area (Å²) in [6.45, 7) is 0.829. The van der Waals surface area contributed by atoms with Crippen molar-refractivity contribution in [3.8, 4) is 0 Å². The monoisotopic (exact) mass is 140 g/mol. The molecule has 2 bridgehead atoms. The highest BCUT2D eigenvalue weighted by molar-refractivity contribution is 5.77. The largest absolute Gasteiger partial charge is 0.354 e. The van der Waals surface area contributed by atoms with Gasteiger partial charge in [-0.15, -0.1) is 0 Å². The topological polar surface area (TPSA) is 41.1 Å². The molecule has 2 aliphatic rings. The maximum absolute atomic E-state index is 10.9. The zero-order valence-electron chi connectivity index (χ0n) is 5.89. The van der Waals surface area contributed by atoms with E-state index in [0.717, 1.165) is 6.54 Å². The van der Waals surface area contributed by atoms with Crippen molar-refractivity contribution in [1.29, 1.82) is 0 Å². The van der Waals surface area contributed by atoms with E-state index in [1.807, 2.05) is 0 Å². The lowest BCUT2D eigenvalue weighted by Crippen LogP contribution is -2.33. The van der Waals surface area contributed by atoms with Crippen molar-refractivity contribution in [1.82, 2.24) is 10.6 Å². The maximum Gasteiger partial charge on any atom is 0.221 e. The molecule has 0 unspecified atom stereocenters.